The second-order valence-electron chi connectivity index (χ2n) is 7.19. The van der Waals surface area contributed by atoms with Gasteiger partial charge in [0.15, 0.2) is 5.78 Å². The second kappa shape index (κ2) is 9.02. The molecule has 0 spiro atoms. The number of primary sulfonamides is 1. The summed E-state index contributed by atoms with van der Waals surface area (Å²) in [5.74, 6) is 0.953. The Labute approximate surface area is 193 Å². The molecule has 0 aliphatic carbocycles. The van der Waals surface area contributed by atoms with Crippen LogP contribution in [0.3, 0.4) is 0 Å². The van der Waals surface area contributed by atoms with Crippen LogP contribution in [-0.2, 0) is 16.4 Å². The first-order valence-electron chi connectivity index (χ1n) is 9.64. The molecular formula is C21H21N5O3S3. The van der Waals surface area contributed by atoms with Crippen LogP contribution in [-0.4, -0.2) is 39.7 Å². The van der Waals surface area contributed by atoms with Crippen LogP contribution < -0.4 is 5.14 Å². The summed E-state index contributed by atoms with van der Waals surface area (Å²) in [7, 11) is -3.76. The van der Waals surface area contributed by atoms with Crippen molar-refractivity contribution in [1.82, 2.24) is 19.7 Å². The quantitative estimate of drug-likeness (QED) is 0.290. The Kier molecular flexibility index (Phi) is 6.33. The van der Waals surface area contributed by atoms with E-state index >= 15 is 0 Å². The number of carbonyl (C=O) groups excluding carboxylic acids is 1. The number of benzene rings is 1. The van der Waals surface area contributed by atoms with Crippen LogP contribution in [0.15, 0.2) is 57.9 Å². The maximum atomic E-state index is 12.9. The first-order chi connectivity index (χ1) is 15.2. The number of aromatic amines is 1. The van der Waals surface area contributed by atoms with Gasteiger partial charge in [-0.25, -0.2) is 18.5 Å². The van der Waals surface area contributed by atoms with E-state index in [1.807, 2.05) is 42.0 Å². The molecule has 4 aromatic rings. The minimum atomic E-state index is -3.76. The Morgan fingerprint density at radius 2 is 1.97 bits per heavy atom. The Bertz CT molecular complexity index is 1350. The van der Waals surface area contributed by atoms with Crippen molar-refractivity contribution in [3.8, 4) is 5.69 Å². The van der Waals surface area contributed by atoms with Gasteiger partial charge in [-0.2, -0.15) is 0 Å². The highest BCUT2D eigenvalue weighted by Crippen LogP contribution is 2.24. The van der Waals surface area contributed by atoms with Gasteiger partial charge in [0.1, 0.15) is 5.82 Å². The summed E-state index contributed by atoms with van der Waals surface area (Å²) in [5.41, 5.74) is 3.02. The van der Waals surface area contributed by atoms with E-state index in [2.05, 4.69) is 15.2 Å². The molecule has 1 aromatic carbocycles. The first kappa shape index (κ1) is 22.5. The number of rotatable bonds is 8. The van der Waals surface area contributed by atoms with Gasteiger partial charge in [0.25, 0.3) is 0 Å². The number of carbonyl (C=O) groups is 1. The van der Waals surface area contributed by atoms with Gasteiger partial charge in [0.05, 0.1) is 10.6 Å². The van der Waals surface area contributed by atoms with Crippen molar-refractivity contribution in [2.75, 3.05) is 5.75 Å². The molecule has 3 N–H and O–H groups in total. The third-order valence-electron chi connectivity index (χ3n) is 4.92. The molecule has 0 saturated carbocycles. The lowest BCUT2D eigenvalue weighted by Gasteiger charge is -2.10. The molecule has 0 fully saturated rings. The van der Waals surface area contributed by atoms with E-state index in [1.165, 1.54) is 28.8 Å². The number of nitrogens with two attached hydrogens (primary N) is 1. The van der Waals surface area contributed by atoms with Crippen molar-refractivity contribution in [3.05, 3.63) is 75.5 Å². The third kappa shape index (κ3) is 4.85. The van der Waals surface area contributed by atoms with Gasteiger partial charge in [0, 0.05) is 33.9 Å². The number of aryl methyl sites for hydroxylation is 1. The lowest BCUT2D eigenvalue weighted by atomic mass is 10.2. The highest BCUT2D eigenvalue weighted by Gasteiger charge is 2.18. The molecule has 8 nitrogen and oxygen atoms in total. The molecule has 0 atom stereocenters. The normalized spacial score (nSPS) is 11.7. The fourth-order valence-electron chi connectivity index (χ4n) is 3.43. The molecule has 3 heterocycles. The zero-order valence-electron chi connectivity index (χ0n) is 17.4. The fourth-order valence-corrected chi connectivity index (χ4v) is 5.36. The molecule has 0 aliphatic heterocycles. The van der Waals surface area contributed by atoms with E-state index in [-0.39, 0.29) is 16.4 Å². The molecule has 11 heteroatoms. The number of hydrogen-bond acceptors (Lipinski definition) is 7. The van der Waals surface area contributed by atoms with E-state index in [9.17, 15) is 13.2 Å². The molecule has 32 heavy (non-hydrogen) atoms. The minimum Gasteiger partial charge on any atom is -0.318 e. The molecule has 0 unspecified atom stereocenters. The smallest absolute Gasteiger partial charge is 0.238 e. The van der Waals surface area contributed by atoms with E-state index in [0.717, 1.165) is 22.9 Å². The zero-order valence-corrected chi connectivity index (χ0v) is 19.9. The topological polar surface area (TPSA) is 124 Å². The van der Waals surface area contributed by atoms with Crippen LogP contribution in [0.1, 0.15) is 32.4 Å². The molecule has 4 rings (SSSR count). The molecule has 0 aliphatic rings. The predicted molar refractivity (Wildman–Crippen MR) is 125 cm³/mol. The summed E-state index contributed by atoms with van der Waals surface area (Å²) in [5, 5.41) is 14.9. The van der Waals surface area contributed by atoms with Crippen LogP contribution in [0.5, 0.6) is 0 Å². The number of ketones is 1. The van der Waals surface area contributed by atoms with Gasteiger partial charge in [-0.1, -0.05) is 17.8 Å². The Morgan fingerprint density at radius 1 is 1.22 bits per heavy atom. The SMILES string of the molecule is Cc1cc(C(=O)CSc2n[nH]c(Cc3cccs3)n2)c(C)n1-c1ccc(S(N)(=O)=O)cc1. The molecule has 166 valence electrons. The summed E-state index contributed by atoms with van der Waals surface area (Å²) in [4.78, 5) is 18.6. The van der Waals surface area contributed by atoms with Crippen molar-refractivity contribution in [2.45, 2.75) is 30.3 Å². The summed E-state index contributed by atoms with van der Waals surface area (Å²) >= 11 is 2.95. The van der Waals surface area contributed by atoms with Crippen LogP contribution in [0.2, 0.25) is 0 Å². The van der Waals surface area contributed by atoms with Crippen molar-refractivity contribution in [1.29, 1.82) is 0 Å². The number of thioether (sulfide) groups is 1. The number of hydrogen-bond donors (Lipinski definition) is 2. The molecular weight excluding hydrogens is 466 g/mol. The molecule has 0 amide bonds. The van der Waals surface area contributed by atoms with E-state index in [1.54, 1.807) is 23.5 Å². The third-order valence-corrected chi connectivity index (χ3v) is 7.57. The largest absolute Gasteiger partial charge is 0.318 e. The number of nitrogens with zero attached hydrogens (tertiary/aromatic N) is 3. The monoisotopic (exact) mass is 487 g/mol. The van der Waals surface area contributed by atoms with E-state index in [0.29, 0.717) is 17.1 Å². The van der Waals surface area contributed by atoms with Gasteiger partial charge in [-0.05, 0) is 55.6 Å². The summed E-state index contributed by atoms with van der Waals surface area (Å²) in [6, 6.07) is 12.1. The molecule has 0 radical (unpaired) electrons. The number of thiophene rings is 1. The van der Waals surface area contributed by atoms with Crippen molar-refractivity contribution >= 4 is 38.9 Å². The molecule has 0 saturated heterocycles. The average Bonchev–Trinajstić information content (AvgIpc) is 3.48. The maximum Gasteiger partial charge on any atom is 0.238 e. The standard InChI is InChI=1S/C21H21N5O3S3/c1-13-10-18(14(2)26(13)15-5-7-17(8-6-15)32(22,28)29)19(27)12-31-21-23-20(24-25-21)11-16-4-3-9-30-16/h3-10H,11-12H2,1-2H3,(H2,22,28,29)(H,23,24,25). The van der Waals surface area contributed by atoms with Gasteiger partial charge < -0.3 is 4.57 Å². The highest BCUT2D eigenvalue weighted by atomic mass is 32.2. The number of nitrogens with one attached hydrogen (secondary N) is 1. The van der Waals surface area contributed by atoms with Gasteiger partial charge in [-0.3, -0.25) is 9.89 Å². The number of Topliss-reactive ketones (excluding diaryl/α,β-unsaturated/α-hetero) is 1. The number of H-pyrrole nitrogens is 1. The summed E-state index contributed by atoms with van der Waals surface area (Å²) in [6.07, 6.45) is 0.685. The van der Waals surface area contributed by atoms with Crippen molar-refractivity contribution in [2.24, 2.45) is 5.14 Å². The van der Waals surface area contributed by atoms with Crippen molar-refractivity contribution in [3.63, 3.8) is 0 Å². The van der Waals surface area contributed by atoms with E-state index < -0.39 is 10.0 Å². The fraction of sp³-hybridized carbons (Fsp3) is 0.190. The average molecular weight is 488 g/mol. The predicted octanol–water partition coefficient (Wildman–Crippen LogP) is 3.49. The maximum absolute atomic E-state index is 12.9. The van der Waals surface area contributed by atoms with Gasteiger partial charge in [-0.15, -0.1) is 16.4 Å². The lowest BCUT2D eigenvalue weighted by molar-refractivity contribution is 0.102. The Hall–Kier alpha value is -2.73. The molecule has 3 aromatic heterocycles. The van der Waals surface area contributed by atoms with Crippen LogP contribution in [0.4, 0.5) is 0 Å². The summed E-state index contributed by atoms with van der Waals surface area (Å²) in [6.45, 7) is 3.76. The van der Waals surface area contributed by atoms with Crippen LogP contribution in [0, 0.1) is 13.8 Å². The van der Waals surface area contributed by atoms with Crippen LogP contribution in [0.25, 0.3) is 5.69 Å². The minimum absolute atomic E-state index is 0.0277. The number of aromatic nitrogens is 4. The van der Waals surface area contributed by atoms with Gasteiger partial charge in [0.2, 0.25) is 15.2 Å². The molecule has 0 bridgehead atoms. The highest BCUT2D eigenvalue weighted by molar-refractivity contribution is 7.99. The van der Waals surface area contributed by atoms with Crippen molar-refractivity contribution < 1.29 is 13.2 Å². The first-order valence-corrected chi connectivity index (χ1v) is 13.1. The zero-order chi connectivity index (χ0) is 22.9. The Morgan fingerprint density at radius 3 is 2.62 bits per heavy atom. The Balaban J connectivity index is 1.46. The second-order valence-corrected chi connectivity index (χ2v) is 10.7. The van der Waals surface area contributed by atoms with Gasteiger partial charge >= 0.3 is 0 Å². The van der Waals surface area contributed by atoms with E-state index in [4.69, 9.17) is 5.14 Å². The number of sulfonamides is 1. The van der Waals surface area contributed by atoms with Crippen LogP contribution >= 0.6 is 23.1 Å². The lowest BCUT2D eigenvalue weighted by Crippen LogP contribution is -2.12. The summed E-state index contributed by atoms with van der Waals surface area (Å²) < 4.78 is 24.9.